The van der Waals surface area contributed by atoms with Crippen molar-refractivity contribution < 1.29 is 9.00 Å². The molecule has 0 fully saturated rings. The van der Waals surface area contributed by atoms with Crippen LogP contribution < -0.4 is 11.1 Å². The van der Waals surface area contributed by atoms with Gasteiger partial charge in [-0.2, -0.15) is 0 Å². The van der Waals surface area contributed by atoms with Crippen molar-refractivity contribution >= 4 is 38.3 Å². The average molecular weight is 319 g/mol. The second-order valence-electron chi connectivity index (χ2n) is 3.70. The summed E-state index contributed by atoms with van der Waals surface area (Å²) in [4.78, 5) is 11.9. The van der Waals surface area contributed by atoms with Gasteiger partial charge in [-0.25, -0.2) is 0 Å². The highest BCUT2D eigenvalue weighted by molar-refractivity contribution is 9.10. The first-order chi connectivity index (χ1) is 7.91. The Morgan fingerprint density at radius 3 is 2.76 bits per heavy atom. The highest BCUT2D eigenvalue weighted by Gasteiger charge is 2.11. The number of nitrogen functional groups attached to an aromatic ring is 1. The zero-order valence-electron chi connectivity index (χ0n) is 9.75. The lowest BCUT2D eigenvalue weighted by atomic mass is 10.1. The summed E-state index contributed by atoms with van der Waals surface area (Å²) in [5.41, 5.74) is 7.64. The molecule has 1 unspecified atom stereocenters. The van der Waals surface area contributed by atoms with E-state index in [1.165, 1.54) is 0 Å². The Labute approximate surface area is 112 Å². The highest BCUT2D eigenvalue weighted by Crippen LogP contribution is 2.22. The number of carbonyl (C=O) groups excluding carboxylic acids is 1. The van der Waals surface area contributed by atoms with Gasteiger partial charge >= 0.3 is 0 Å². The van der Waals surface area contributed by atoms with E-state index in [-0.39, 0.29) is 5.91 Å². The molecule has 0 aliphatic carbocycles. The van der Waals surface area contributed by atoms with Crippen LogP contribution in [0.4, 0.5) is 5.69 Å². The van der Waals surface area contributed by atoms with Crippen molar-refractivity contribution in [2.75, 3.05) is 24.3 Å². The molecule has 0 aromatic heterocycles. The van der Waals surface area contributed by atoms with Crippen molar-refractivity contribution in [2.24, 2.45) is 0 Å². The lowest BCUT2D eigenvalue weighted by Gasteiger charge is -2.09. The molecule has 0 spiro atoms. The minimum atomic E-state index is -0.901. The van der Waals surface area contributed by atoms with Gasteiger partial charge in [0.05, 0.1) is 0 Å². The van der Waals surface area contributed by atoms with Crippen molar-refractivity contribution in [3.05, 3.63) is 27.7 Å². The summed E-state index contributed by atoms with van der Waals surface area (Å²) in [5.74, 6) is 0.259. The quantitative estimate of drug-likeness (QED) is 0.825. The van der Waals surface area contributed by atoms with Crippen molar-refractivity contribution in [3.8, 4) is 0 Å². The van der Waals surface area contributed by atoms with Gasteiger partial charge in [-0.05, 0) is 24.6 Å². The number of nitrogens with two attached hydrogens (primary N) is 1. The minimum Gasteiger partial charge on any atom is -0.398 e. The van der Waals surface area contributed by atoms with E-state index in [0.29, 0.717) is 23.5 Å². The van der Waals surface area contributed by atoms with Gasteiger partial charge in [0.25, 0.3) is 5.91 Å². The molecular weight excluding hydrogens is 304 g/mol. The van der Waals surface area contributed by atoms with Crippen LogP contribution in [0.2, 0.25) is 0 Å². The Balaban J connectivity index is 2.78. The van der Waals surface area contributed by atoms with Crippen LogP contribution >= 0.6 is 15.9 Å². The van der Waals surface area contributed by atoms with E-state index in [1.807, 2.05) is 0 Å². The van der Waals surface area contributed by atoms with Gasteiger partial charge in [0.2, 0.25) is 0 Å². The molecule has 0 bridgehead atoms. The molecule has 0 heterocycles. The number of hydrogen-bond donors (Lipinski definition) is 2. The van der Waals surface area contributed by atoms with Gasteiger partial charge in [-0.15, -0.1) is 0 Å². The van der Waals surface area contributed by atoms with Crippen molar-refractivity contribution in [2.45, 2.75) is 6.92 Å². The Morgan fingerprint density at radius 2 is 2.18 bits per heavy atom. The van der Waals surface area contributed by atoms with Gasteiger partial charge < -0.3 is 11.1 Å². The summed E-state index contributed by atoms with van der Waals surface area (Å²) in [7, 11) is -0.901. The molecule has 17 heavy (non-hydrogen) atoms. The molecule has 4 nitrogen and oxygen atoms in total. The number of nitrogens with one attached hydrogen (secondary N) is 1. The lowest BCUT2D eigenvalue weighted by molar-refractivity contribution is 0.0955. The number of hydrogen-bond acceptors (Lipinski definition) is 3. The van der Waals surface area contributed by atoms with Crippen LogP contribution in [-0.2, 0) is 10.8 Å². The maximum atomic E-state index is 11.9. The summed E-state index contributed by atoms with van der Waals surface area (Å²) < 4.78 is 11.6. The van der Waals surface area contributed by atoms with Gasteiger partial charge in [0, 0.05) is 45.1 Å². The van der Waals surface area contributed by atoms with Crippen molar-refractivity contribution in [3.63, 3.8) is 0 Å². The number of halogens is 1. The average Bonchev–Trinajstić information content (AvgIpc) is 2.22. The Bertz CT molecular complexity index is 463. The standard InChI is InChI=1S/C11H15BrN2O2S/c1-7-9(5-8(12)6-10(7)13)11(15)14-3-4-17(2)16/h5-6H,3-4,13H2,1-2H3,(H,14,15). The molecule has 1 atom stereocenters. The smallest absolute Gasteiger partial charge is 0.251 e. The van der Waals surface area contributed by atoms with Crippen LogP contribution in [0.5, 0.6) is 0 Å². The molecule has 3 N–H and O–H groups in total. The minimum absolute atomic E-state index is 0.194. The lowest BCUT2D eigenvalue weighted by Crippen LogP contribution is -2.28. The highest BCUT2D eigenvalue weighted by atomic mass is 79.9. The van der Waals surface area contributed by atoms with E-state index >= 15 is 0 Å². The number of carbonyl (C=O) groups is 1. The molecule has 1 aromatic rings. The van der Waals surface area contributed by atoms with Crippen LogP contribution in [0.25, 0.3) is 0 Å². The first-order valence-corrected chi connectivity index (χ1v) is 7.57. The predicted octanol–water partition coefficient (Wildman–Crippen LogP) is 1.45. The second-order valence-corrected chi connectivity index (χ2v) is 6.17. The molecule has 94 valence electrons. The fourth-order valence-corrected chi connectivity index (χ4v) is 2.20. The second kappa shape index (κ2) is 6.16. The maximum Gasteiger partial charge on any atom is 0.251 e. The van der Waals surface area contributed by atoms with Gasteiger partial charge in [0.1, 0.15) is 0 Å². The first-order valence-electron chi connectivity index (χ1n) is 5.05. The molecule has 1 amide bonds. The fourth-order valence-electron chi connectivity index (χ4n) is 1.34. The van der Waals surface area contributed by atoms with Gasteiger partial charge in [-0.1, -0.05) is 15.9 Å². The summed E-state index contributed by atoms with van der Waals surface area (Å²) in [6.45, 7) is 2.20. The van der Waals surface area contributed by atoms with Gasteiger partial charge in [-0.3, -0.25) is 9.00 Å². The molecule has 0 radical (unpaired) electrons. The van der Waals surface area contributed by atoms with Crippen LogP contribution in [0.15, 0.2) is 16.6 Å². The summed E-state index contributed by atoms with van der Waals surface area (Å²) >= 11 is 3.30. The number of rotatable bonds is 4. The zero-order chi connectivity index (χ0) is 13.0. The molecule has 0 aliphatic heterocycles. The van der Waals surface area contributed by atoms with Crippen molar-refractivity contribution in [1.82, 2.24) is 5.32 Å². The zero-order valence-corrected chi connectivity index (χ0v) is 12.2. The van der Waals surface area contributed by atoms with E-state index in [2.05, 4.69) is 21.2 Å². The fraction of sp³-hybridized carbons (Fsp3) is 0.364. The van der Waals surface area contributed by atoms with E-state index in [9.17, 15) is 9.00 Å². The normalized spacial score (nSPS) is 12.2. The third kappa shape index (κ3) is 4.12. The molecule has 0 aliphatic rings. The Hall–Kier alpha value is -0.880. The third-order valence-corrected chi connectivity index (χ3v) is 3.57. The number of anilines is 1. The molecule has 0 saturated carbocycles. The van der Waals surface area contributed by atoms with Crippen LogP contribution in [0.3, 0.4) is 0 Å². The van der Waals surface area contributed by atoms with E-state index in [1.54, 1.807) is 25.3 Å². The Kier molecular flexibility index (Phi) is 5.14. The largest absolute Gasteiger partial charge is 0.398 e. The number of amides is 1. The van der Waals surface area contributed by atoms with Crippen LogP contribution in [0.1, 0.15) is 15.9 Å². The third-order valence-electron chi connectivity index (χ3n) is 2.33. The van der Waals surface area contributed by atoms with Gasteiger partial charge in [0.15, 0.2) is 0 Å². The molecule has 1 rings (SSSR count). The SMILES string of the molecule is Cc1c(N)cc(Br)cc1C(=O)NCCS(C)=O. The first kappa shape index (κ1) is 14.2. The molecule has 0 saturated heterocycles. The van der Waals surface area contributed by atoms with E-state index in [0.717, 1.165) is 10.0 Å². The number of benzene rings is 1. The monoisotopic (exact) mass is 318 g/mol. The van der Waals surface area contributed by atoms with E-state index in [4.69, 9.17) is 5.73 Å². The van der Waals surface area contributed by atoms with E-state index < -0.39 is 10.8 Å². The topological polar surface area (TPSA) is 72.2 Å². The van der Waals surface area contributed by atoms with Crippen LogP contribution in [-0.4, -0.2) is 28.7 Å². The summed E-state index contributed by atoms with van der Waals surface area (Å²) in [5, 5.41) is 2.72. The summed E-state index contributed by atoms with van der Waals surface area (Å²) in [6.07, 6.45) is 1.61. The molecular formula is C11H15BrN2O2S. The maximum absolute atomic E-state index is 11.9. The molecule has 1 aromatic carbocycles. The molecule has 6 heteroatoms. The van der Waals surface area contributed by atoms with Crippen molar-refractivity contribution in [1.29, 1.82) is 0 Å². The van der Waals surface area contributed by atoms with Crippen LogP contribution in [0, 0.1) is 6.92 Å². The predicted molar refractivity (Wildman–Crippen MR) is 74.6 cm³/mol. The summed E-state index contributed by atoms with van der Waals surface area (Å²) in [6, 6.07) is 3.48. The Morgan fingerprint density at radius 1 is 1.53 bits per heavy atom.